The fourth-order valence-electron chi connectivity index (χ4n) is 1.68. The Balaban J connectivity index is 2.29. The summed E-state index contributed by atoms with van der Waals surface area (Å²) in [7, 11) is -1.97. The predicted octanol–water partition coefficient (Wildman–Crippen LogP) is 1.44. The van der Waals surface area contributed by atoms with E-state index < -0.39 is 10.0 Å². The van der Waals surface area contributed by atoms with E-state index in [9.17, 15) is 8.42 Å². The molecule has 20 heavy (non-hydrogen) atoms. The van der Waals surface area contributed by atoms with Crippen molar-refractivity contribution in [1.29, 1.82) is 0 Å². The monoisotopic (exact) mass is 295 g/mol. The second-order valence-electron chi connectivity index (χ2n) is 4.31. The van der Waals surface area contributed by atoms with Gasteiger partial charge in [-0.05, 0) is 12.5 Å². The van der Waals surface area contributed by atoms with Gasteiger partial charge in [-0.2, -0.15) is 5.10 Å². The van der Waals surface area contributed by atoms with Gasteiger partial charge >= 0.3 is 0 Å². The predicted molar refractivity (Wildman–Crippen MR) is 77.0 cm³/mol. The van der Waals surface area contributed by atoms with Gasteiger partial charge in [0.05, 0.1) is 17.6 Å². The number of hydrogen-bond acceptors (Lipinski definition) is 5. The smallest absolute Gasteiger partial charge is 0.265 e. The third-order valence-corrected chi connectivity index (χ3v) is 4.01. The van der Waals surface area contributed by atoms with Gasteiger partial charge in [0, 0.05) is 32.2 Å². The molecule has 8 heteroatoms. The lowest BCUT2D eigenvalue weighted by Crippen LogP contribution is -2.15. The molecule has 2 N–H and O–H groups in total. The maximum atomic E-state index is 12.4. The van der Waals surface area contributed by atoms with Gasteiger partial charge in [0.1, 0.15) is 4.90 Å². The molecule has 0 saturated carbocycles. The van der Waals surface area contributed by atoms with E-state index in [0.717, 1.165) is 6.42 Å². The number of nitrogens with one attached hydrogen (secondary N) is 2. The lowest BCUT2D eigenvalue weighted by Gasteiger charge is -2.11. The molecule has 7 nitrogen and oxygen atoms in total. The molecule has 0 fully saturated rings. The largest absolute Gasteiger partial charge is 0.384 e. The molecule has 0 aromatic carbocycles. The number of aryl methyl sites for hydroxylation is 1. The van der Waals surface area contributed by atoms with Crippen molar-refractivity contribution in [2.75, 3.05) is 16.6 Å². The second-order valence-corrected chi connectivity index (χ2v) is 5.96. The van der Waals surface area contributed by atoms with Crippen LogP contribution in [0.3, 0.4) is 0 Å². The molecular weight excluding hydrogens is 278 g/mol. The zero-order valence-electron chi connectivity index (χ0n) is 11.4. The van der Waals surface area contributed by atoms with Gasteiger partial charge in [0.2, 0.25) is 0 Å². The van der Waals surface area contributed by atoms with Crippen LogP contribution in [0.1, 0.15) is 13.3 Å². The van der Waals surface area contributed by atoms with Crippen molar-refractivity contribution >= 4 is 21.4 Å². The molecule has 108 valence electrons. The van der Waals surface area contributed by atoms with Crippen LogP contribution in [0.25, 0.3) is 0 Å². The molecular formula is C12H17N5O2S. The molecule has 0 spiro atoms. The molecule has 0 saturated heterocycles. The molecule has 0 radical (unpaired) electrons. The summed E-state index contributed by atoms with van der Waals surface area (Å²) in [6.45, 7) is 2.70. The number of anilines is 2. The first kappa shape index (κ1) is 14.3. The SMILES string of the molecule is CCCNc1ccncc1S(=O)(=O)Nc1cnn(C)c1. The van der Waals surface area contributed by atoms with Crippen molar-refractivity contribution in [1.82, 2.24) is 14.8 Å². The van der Waals surface area contributed by atoms with E-state index in [-0.39, 0.29) is 4.90 Å². The highest BCUT2D eigenvalue weighted by Gasteiger charge is 2.19. The first-order valence-electron chi connectivity index (χ1n) is 6.22. The summed E-state index contributed by atoms with van der Waals surface area (Å²) in [4.78, 5) is 4.01. The van der Waals surface area contributed by atoms with Crippen LogP contribution in [0.2, 0.25) is 0 Å². The molecule has 0 unspecified atom stereocenters. The molecule has 0 bridgehead atoms. The van der Waals surface area contributed by atoms with Crippen LogP contribution in [0.5, 0.6) is 0 Å². The van der Waals surface area contributed by atoms with Gasteiger partial charge < -0.3 is 5.32 Å². The second kappa shape index (κ2) is 5.91. The maximum absolute atomic E-state index is 12.4. The normalized spacial score (nSPS) is 11.3. The third-order valence-electron chi connectivity index (χ3n) is 2.60. The highest BCUT2D eigenvalue weighted by molar-refractivity contribution is 7.92. The van der Waals surface area contributed by atoms with E-state index in [1.165, 1.54) is 17.1 Å². The van der Waals surface area contributed by atoms with Crippen molar-refractivity contribution in [2.45, 2.75) is 18.2 Å². The lowest BCUT2D eigenvalue weighted by atomic mass is 10.4. The Morgan fingerprint density at radius 3 is 2.80 bits per heavy atom. The van der Waals surface area contributed by atoms with Crippen molar-refractivity contribution in [2.24, 2.45) is 7.05 Å². The molecule has 0 aliphatic rings. The molecule has 0 atom stereocenters. The average molecular weight is 295 g/mol. The lowest BCUT2D eigenvalue weighted by molar-refractivity contribution is 0.601. The number of nitrogens with zero attached hydrogens (tertiary/aromatic N) is 3. The van der Waals surface area contributed by atoms with E-state index in [1.807, 2.05) is 6.92 Å². The van der Waals surface area contributed by atoms with Crippen molar-refractivity contribution < 1.29 is 8.42 Å². The van der Waals surface area contributed by atoms with Gasteiger partial charge in [-0.3, -0.25) is 14.4 Å². The van der Waals surface area contributed by atoms with Crippen LogP contribution in [-0.2, 0) is 17.1 Å². The van der Waals surface area contributed by atoms with Gasteiger partial charge in [-0.25, -0.2) is 8.42 Å². The average Bonchev–Trinajstić information content (AvgIpc) is 2.81. The first-order chi connectivity index (χ1) is 9.53. The highest BCUT2D eigenvalue weighted by atomic mass is 32.2. The Morgan fingerprint density at radius 1 is 1.35 bits per heavy atom. The Hall–Kier alpha value is -2.09. The van der Waals surface area contributed by atoms with Gasteiger partial charge in [-0.15, -0.1) is 0 Å². The first-order valence-corrected chi connectivity index (χ1v) is 7.70. The zero-order valence-corrected chi connectivity index (χ0v) is 12.2. The zero-order chi connectivity index (χ0) is 14.6. The summed E-state index contributed by atoms with van der Waals surface area (Å²) in [5.74, 6) is 0. The fraction of sp³-hybridized carbons (Fsp3) is 0.333. The Morgan fingerprint density at radius 2 is 2.15 bits per heavy atom. The van der Waals surface area contributed by atoms with Crippen molar-refractivity contribution in [3.05, 3.63) is 30.9 Å². The molecule has 2 aromatic heterocycles. The van der Waals surface area contributed by atoms with Gasteiger partial charge in [-0.1, -0.05) is 6.92 Å². The minimum Gasteiger partial charge on any atom is -0.384 e. The summed E-state index contributed by atoms with van der Waals surface area (Å²) < 4.78 is 28.7. The quantitative estimate of drug-likeness (QED) is 0.841. The number of aromatic nitrogens is 3. The molecule has 0 aliphatic carbocycles. The Labute approximate surface area is 118 Å². The maximum Gasteiger partial charge on any atom is 0.265 e. The van der Waals surface area contributed by atoms with Crippen LogP contribution < -0.4 is 10.0 Å². The van der Waals surface area contributed by atoms with E-state index >= 15 is 0 Å². The number of pyridine rings is 1. The molecule has 0 aliphatic heterocycles. The van der Waals surface area contributed by atoms with E-state index in [1.54, 1.807) is 25.5 Å². The topological polar surface area (TPSA) is 88.9 Å². The van der Waals surface area contributed by atoms with E-state index in [4.69, 9.17) is 0 Å². The van der Waals surface area contributed by atoms with Crippen LogP contribution >= 0.6 is 0 Å². The van der Waals surface area contributed by atoms with Crippen molar-refractivity contribution in [3.63, 3.8) is 0 Å². The van der Waals surface area contributed by atoms with Crippen LogP contribution in [-0.4, -0.2) is 29.7 Å². The Bertz CT molecular complexity index is 681. The summed E-state index contributed by atoms with van der Waals surface area (Å²) in [6, 6.07) is 1.65. The van der Waals surface area contributed by atoms with Gasteiger partial charge in [0.25, 0.3) is 10.0 Å². The van der Waals surface area contributed by atoms with Crippen LogP contribution in [0, 0.1) is 0 Å². The summed E-state index contributed by atoms with van der Waals surface area (Å²) in [5, 5.41) is 7.00. The van der Waals surface area contributed by atoms with Gasteiger partial charge in [0.15, 0.2) is 0 Å². The van der Waals surface area contributed by atoms with Crippen LogP contribution in [0.4, 0.5) is 11.4 Å². The fourth-order valence-corrected chi connectivity index (χ4v) is 2.84. The highest BCUT2D eigenvalue weighted by Crippen LogP contribution is 2.22. The number of hydrogen-bond donors (Lipinski definition) is 2. The molecule has 2 rings (SSSR count). The molecule has 0 amide bonds. The minimum absolute atomic E-state index is 0.123. The summed E-state index contributed by atoms with van der Waals surface area (Å²) >= 11 is 0. The van der Waals surface area contributed by atoms with E-state index in [2.05, 4.69) is 20.1 Å². The minimum atomic E-state index is -3.69. The third kappa shape index (κ3) is 3.27. The molecule has 2 aromatic rings. The number of sulfonamides is 1. The summed E-state index contributed by atoms with van der Waals surface area (Å²) in [5.41, 5.74) is 0.955. The van der Waals surface area contributed by atoms with Crippen LogP contribution in [0.15, 0.2) is 35.7 Å². The summed E-state index contributed by atoms with van der Waals surface area (Å²) in [6.07, 6.45) is 6.83. The molecule has 2 heterocycles. The van der Waals surface area contributed by atoms with Crippen molar-refractivity contribution in [3.8, 4) is 0 Å². The number of rotatable bonds is 6. The standard InChI is InChI=1S/C12H17N5O2S/c1-3-5-14-11-4-6-13-8-12(11)20(18,19)16-10-7-15-17(2)9-10/h4,6-9,16H,3,5H2,1-2H3,(H,13,14). The van der Waals surface area contributed by atoms with E-state index in [0.29, 0.717) is 17.9 Å². The Kier molecular flexibility index (Phi) is 4.23.